The Balaban J connectivity index is 1.57. The van der Waals surface area contributed by atoms with E-state index in [-0.39, 0.29) is 35.2 Å². The number of rotatable bonds is 7. The van der Waals surface area contributed by atoms with Crippen molar-refractivity contribution in [3.8, 4) is 5.75 Å². The van der Waals surface area contributed by atoms with Crippen LogP contribution in [0.5, 0.6) is 5.75 Å². The van der Waals surface area contributed by atoms with Crippen molar-refractivity contribution in [1.29, 1.82) is 0 Å². The number of benzene rings is 3. The molecule has 2 saturated heterocycles. The number of amides is 2. The maximum Gasteiger partial charge on any atom is 0.442 e. The minimum absolute atomic E-state index is 0.0832. The summed E-state index contributed by atoms with van der Waals surface area (Å²) < 4.78 is 132. The first-order valence-corrected chi connectivity index (χ1v) is 16.4. The van der Waals surface area contributed by atoms with Gasteiger partial charge in [0.15, 0.2) is 9.84 Å². The van der Waals surface area contributed by atoms with Crippen LogP contribution < -0.4 is 4.74 Å². The van der Waals surface area contributed by atoms with Crippen molar-refractivity contribution in [2.75, 3.05) is 26.2 Å². The van der Waals surface area contributed by atoms with E-state index in [2.05, 4.69) is 0 Å². The second-order valence-corrected chi connectivity index (χ2v) is 14.2. The Hall–Kier alpha value is -4.14. The third kappa shape index (κ3) is 6.12. The van der Waals surface area contributed by atoms with E-state index in [0.717, 1.165) is 48.5 Å². The number of hydrogen-bond donors (Lipinski definition) is 0. The molecule has 0 aromatic heterocycles. The molecule has 0 spiro atoms. The highest BCUT2D eigenvalue weighted by Crippen LogP contribution is 2.53. The minimum atomic E-state index is -6.00. The first kappa shape index (κ1) is 35.2. The van der Waals surface area contributed by atoms with E-state index in [0.29, 0.717) is 38.1 Å². The Morgan fingerprint density at radius 1 is 0.792 bits per heavy atom. The molecule has 3 aromatic carbocycles. The van der Waals surface area contributed by atoms with E-state index in [9.17, 15) is 48.7 Å². The molecule has 1 atom stereocenters. The minimum Gasteiger partial charge on any atom is -0.464 e. The highest BCUT2D eigenvalue weighted by atomic mass is 32.2. The number of carbonyl (C=O) groups excluding carboxylic acids is 2. The number of piperidine rings is 1. The molecule has 2 heterocycles. The van der Waals surface area contributed by atoms with Gasteiger partial charge in [0.25, 0.3) is 0 Å². The Kier molecular flexibility index (Phi) is 9.32. The molecule has 0 radical (unpaired) electrons. The van der Waals surface area contributed by atoms with Crippen molar-refractivity contribution >= 4 is 21.7 Å². The van der Waals surface area contributed by atoms with Crippen LogP contribution in [0.3, 0.4) is 0 Å². The zero-order valence-electron chi connectivity index (χ0n) is 25.5. The molecule has 7 nitrogen and oxygen atoms in total. The van der Waals surface area contributed by atoms with Gasteiger partial charge in [0.1, 0.15) is 16.3 Å². The van der Waals surface area contributed by atoms with Gasteiger partial charge in [-0.15, -0.1) is 0 Å². The second-order valence-electron chi connectivity index (χ2n) is 11.9. The molecule has 48 heavy (non-hydrogen) atoms. The van der Waals surface area contributed by atoms with E-state index < -0.39 is 62.1 Å². The summed E-state index contributed by atoms with van der Waals surface area (Å²) in [7, 11) is -4.53. The first-order chi connectivity index (χ1) is 22.4. The van der Waals surface area contributed by atoms with Crippen molar-refractivity contribution in [2.45, 2.75) is 53.8 Å². The molecule has 15 heteroatoms. The van der Waals surface area contributed by atoms with Crippen LogP contribution in [0.2, 0.25) is 0 Å². The van der Waals surface area contributed by atoms with Crippen LogP contribution in [0.4, 0.5) is 30.7 Å². The van der Waals surface area contributed by atoms with Crippen LogP contribution in [-0.4, -0.2) is 68.6 Å². The largest absolute Gasteiger partial charge is 0.464 e. The third-order valence-corrected chi connectivity index (χ3v) is 11.6. The summed E-state index contributed by atoms with van der Waals surface area (Å²) in [5.41, 5.74) is -6.31. The van der Waals surface area contributed by atoms with Crippen LogP contribution in [0, 0.1) is 11.7 Å². The molecule has 2 aliphatic heterocycles. The first-order valence-electron chi connectivity index (χ1n) is 15.0. The molecular weight excluding hydrogens is 669 g/mol. The number of sulfone groups is 1. The van der Waals surface area contributed by atoms with Crippen molar-refractivity contribution in [2.24, 2.45) is 5.92 Å². The van der Waals surface area contributed by atoms with E-state index in [1.165, 1.54) is 30.0 Å². The van der Waals surface area contributed by atoms with Crippen LogP contribution in [0.1, 0.15) is 37.3 Å². The molecule has 2 fully saturated rings. The highest BCUT2D eigenvalue weighted by Gasteiger charge is 2.75. The van der Waals surface area contributed by atoms with Crippen LogP contribution in [0.15, 0.2) is 83.8 Å². The van der Waals surface area contributed by atoms with Crippen LogP contribution >= 0.6 is 0 Å². The SMILES string of the molecule is CC(=O)N1CCC(C(=O)N2CC[C@](c3ccc(C(Oc4ccccc4)(C(F)(F)F)C(F)(F)F)cc3)(S(=O)(=O)c3ccc(F)cc3)C2)CC1. The van der Waals surface area contributed by atoms with E-state index in [1.807, 2.05) is 0 Å². The lowest BCUT2D eigenvalue weighted by Crippen LogP contribution is -2.58. The Morgan fingerprint density at radius 2 is 1.35 bits per heavy atom. The second kappa shape index (κ2) is 12.7. The fourth-order valence-electron chi connectivity index (χ4n) is 6.46. The van der Waals surface area contributed by atoms with Crippen LogP contribution in [-0.2, 0) is 29.8 Å². The van der Waals surface area contributed by atoms with E-state index in [4.69, 9.17) is 4.74 Å². The molecule has 3 aromatic rings. The van der Waals surface area contributed by atoms with Crippen molar-refractivity contribution in [3.63, 3.8) is 0 Å². The van der Waals surface area contributed by atoms with Gasteiger partial charge in [-0.2, -0.15) is 26.3 Å². The normalized spacial score (nSPS) is 19.8. The summed E-state index contributed by atoms with van der Waals surface area (Å²) in [6.45, 7) is 1.52. The summed E-state index contributed by atoms with van der Waals surface area (Å²) in [6, 6.07) is 12.3. The van der Waals surface area contributed by atoms with Gasteiger partial charge < -0.3 is 14.5 Å². The van der Waals surface area contributed by atoms with Gasteiger partial charge in [-0.3, -0.25) is 9.59 Å². The van der Waals surface area contributed by atoms with Gasteiger partial charge in [-0.1, -0.05) is 42.5 Å². The lowest BCUT2D eigenvalue weighted by Gasteiger charge is -2.38. The number of para-hydroxylation sites is 1. The summed E-state index contributed by atoms with van der Waals surface area (Å²) in [5, 5.41) is 0. The average Bonchev–Trinajstić information content (AvgIpc) is 3.50. The quantitative estimate of drug-likeness (QED) is 0.211. The summed E-state index contributed by atoms with van der Waals surface area (Å²) >= 11 is 0. The number of ether oxygens (including phenoxy) is 1. The molecule has 0 aliphatic carbocycles. The third-order valence-electron chi connectivity index (χ3n) is 9.10. The number of alkyl halides is 6. The van der Waals surface area contributed by atoms with E-state index in [1.54, 1.807) is 4.90 Å². The van der Waals surface area contributed by atoms with Gasteiger partial charge in [-0.05, 0) is 61.2 Å². The van der Waals surface area contributed by atoms with Crippen LogP contribution in [0.25, 0.3) is 0 Å². The van der Waals surface area contributed by atoms with Gasteiger partial charge >= 0.3 is 18.0 Å². The highest BCUT2D eigenvalue weighted by molar-refractivity contribution is 7.92. The molecular formula is C33H31F7N2O5S. The summed E-state index contributed by atoms with van der Waals surface area (Å²) in [4.78, 5) is 27.9. The molecule has 2 aliphatic rings. The molecule has 0 bridgehead atoms. The van der Waals surface area contributed by atoms with Gasteiger partial charge in [0.05, 0.1) is 4.90 Å². The zero-order valence-corrected chi connectivity index (χ0v) is 26.3. The number of carbonyl (C=O) groups is 2. The molecule has 0 saturated carbocycles. The fourth-order valence-corrected chi connectivity index (χ4v) is 8.53. The lowest BCUT2D eigenvalue weighted by atomic mass is 9.88. The maximum atomic E-state index is 14.5. The Labute approximate surface area is 272 Å². The predicted octanol–water partition coefficient (Wildman–Crippen LogP) is 6.38. The zero-order chi connectivity index (χ0) is 35.1. The average molecular weight is 701 g/mol. The summed E-state index contributed by atoms with van der Waals surface area (Å²) in [6.07, 6.45) is -11.6. The smallest absolute Gasteiger partial charge is 0.442 e. The Morgan fingerprint density at radius 3 is 1.88 bits per heavy atom. The van der Waals surface area contributed by atoms with Gasteiger partial charge in [0.2, 0.25) is 11.8 Å². The molecule has 0 unspecified atom stereocenters. The maximum absolute atomic E-state index is 14.5. The molecule has 258 valence electrons. The van der Waals surface area contributed by atoms with Crippen molar-refractivity contribution < 1.29 is 53.5 Å². The summed E-state index contributed by atoms with van der Waals surface area (Å²) in [5.74, 6) is -2.49. The lowest BCUT2D eigenvalue weighted by molar-refractivity contribution is -0.365. The fraction of sp³-hybridized carbons (Fsp3) is 0.394. The van der Waals surface area contributed by atoms with Gasteiger partial charge in [-0.25, -0.2) is 12.8 Å². The molecule has 5 rings (SSSR count). The van der Waals surface area contributed by atoms with Gasteiger partial charge in [0, 0.05) is 44.6 Å². The van der Waals surface area contributed by atoms with Crippen molar-refractivity contribution in [1.82, 2.24) is 9.80 Å². The number of halogens is 7. The number of nitrogens with zero attached hydrogens (tertiary/aromatic N) is 2. The topological polar surface area (TPSA) is 84.0 Å². The standard InChI is InChI=1S/C33H31F7N2O5S/c1-22(43)41-18-15-23(16-19-41)29(44)42-20-17-30(21-42,48(45,46)28-13-11-26(34)12-14-28)24-7-9-25(10-8-24)31(32(35,36)37,33(38,39)40)47-27-5-3-2-4-6-27/h2-14,23H,15-21H2,1H3/t30-/m0/s1. The van der Waals surface area contributed by atoms with E-state index >= 15 is 0 Å². The molecule has 0 N–H and O–H groups in total. The Bertz CT molecular complexity index is 1730. The predicted molar refractivity (Wildman–Crippen MR) is 159 cm³/mol. The monoisotopic (exact) mass is 700 g/mol. The van der Waals surface area contributed by atoms with Crippen molar-refractivity contribution in [3.05, 3.63) is 95.8 Å². The number of hydrogen-bond acceptors (Lipinski definition) is 5. The molecule has 2 amide bonds. The number of likely N-dealkylation sites (tertiary alicyclic amines) is 2.